The molecule has 0 spiro atoms. The Hall–Kier alpha value is -2.03. The zero-order valence-electron chi connectivity index (χ0n) is 7.69. The number of hydrazine groups is 1. The van der Waals surface area contributed by atoms with Crippen molar-refractivity contribution < 1.29 is 0 Å². The second-order valence-corrected chi connectivity index (χ2v) is 2.76. The summed E-state index contributed by atoms with van der Waals surface area (Å²) in [6, 6.07) is 0. The van der Waals surface area contributed by atoms with Crippen LogP contribution in [0.2, 0.25) is 0 Å². The first-order valence-electron chi connectivity index (χ1n) is 4.43. The lowest BCUT2D eigenvalue weighted by molar-refractivity contribution is 0.137. The van der Waals surface area contributed by atoms with Crippen molar-refractivity contribution in [2.75, 3.05) is 0 Å². The molecule has 0 N–H and O–H groups in total. The van der Waals surface area contributed by atoms with Gasteiger partial charge >= 0.3 is 0 Å². The summed E-state index contributed by atoms with van der Waals surface area (Å²) in [5.41, 5.74) is 0. The molecule has 2 aliphatic rings. The van der Waals surface area contributed by atoms with Gasteiger partial charge in [-0.25, -0.2) is 5.01 Å². The number of hydrazone groups is 1. The number of nitrogens with zero attached hydrogens (tertiary/aromatic N) is 3. The van der Waals surface area contributed by atoms with Gasteiger partial charge in [0.25, 0.3) is 0 Å². The van der Waals surface area contributed by atoms with Crippen molar-refractivity contribution in [1.82, 2.24) is 10.1 Å². The van der Waals surface area contributed by atoms with E-state index in [0.29, 0.717) is 0 Å². The first-order chi connectivity index (χ1) is 6.97. The number of allylic oxidation sites excluding steroid dienone is 7. The average Bonchev–Trinajstić information content (AvgIpc) is 2.25. The monoisotopic (exact) mass is 185 g/mol. The Bertz CT molecular complexity index is 323. The largest absolute Gasteiger partial charge is 0.248 e. The molecule has 0 amide bonds. The van der Waals surface area contributed by atoms with Crippen LogP contribution in [0, 0.1) is 0 Å². The van der Waals surface area contributed by atoms with E-state index in [1.165, 1.54) is 0 Å². The lowest BCUT2D eigenvalue weighted by Gasteiger charge is -2.26. The summed E-state index contributed by atoms with van der Waals surface area (Å²) in [6.45, 7) is 0. The molecule has 0 unspecified atom stereocenters. The molecule has 0 aromatic rings. The molecule has 2 rings (SSSR count). The van der Waals surface area contributed by atoms with Gasteiger partial charge in [-0.2, -0.15) is 10.2 Å². The van der Waals surface area contributed by atoms with Crippen LogP contribution in [0.15, 0.2) is 66.2 Å². The summed E-state index contributed by atoms with van der Waals surface area (Å²) in [6.07, 6.45) is 21.2. The summed E-state index contributed by atoms with van der Waals surface area (Å²) in [7, 11) is 0. The van der Waals surface area contributed by atoms with Crippen LogP contribution < -0.4 is 0 Å². The zero-order valence-corrected chi connectivity index (χ0v) is 7.69. The van der Waals surface area contributed by atoms with E-state index in [4.69, 9.17) is 0 Å². The third-order valence-corrected chi connectivity index (χ3v) is 1.76. The summed E-state index contributed by atoms with van der Waals surface area (Å²) in [4.78, 5) is 0. The molecular formula is C11H11N3. The van der Waals surface area contributed by atoms with Gasteiger partial charge in [0.2, 0.25) is 0 Å². The lowest BCUT2D eigenvalue weighted by atomic mass is 10.4. The fraction of sp³-hybridized carbons (Fsp3) is 0. The van der Waals surface area contributed by atoms with E-state index in [2.05, 4.69) is 5.10 Å². The van der Waals surface area contributed by atoms with Gasteiger partial charge in [0, 0.05) is 18.6 Å². The van der Waals surface area contributed by atoms with Gasteiger partial charge in [0.15, 0.2) is 0 Å². The van der Waals surface area contributed by atoms with Crippen molar-refractivity contribution in [3.63, 3.8) is 0 Å². The van der Waals surface area contributed by atoms with Crippen LogP contribution >= 0.6 is 0 Å². The third kappa shape index (κ3) is 2.01. The molecule has 0 aromatic heterocycles. The van der Waals surface area contributed by atoms with Gasteiger partial charge < -0.3 is 0 Å². The van der Waals surface area contributed by atoms with Crippen LogP contribution in [-0.4, -0.2) is 16.3 Å². The highest BCUT2D eigenvalue weighted by Gasteiger charge is 2.03. The van der Waals surface area contributed by atoms with Crippen molar-refractivity contribution in [3.8, 4) is 0 Å². The Labute approximate surface area is 83.3 Å². The topological polar surface area (TPSA) is 18.8 Å². The van der Waals surface area contributed by atoms with E-state index in [1.807, 2.05) is 66.1 Å². The highest BCUT2D eigenvalue weighted by atomic mass is 15.8. The van der Waals surface area contributed by atoms with Crippen LogP contribution in [0.4, 0.5) is 0 Å². The van der Waals surface area contributed by atoms with Gasteiger partial charge in [-0.15, -0.1) is 0 Å². The molecule has 0 aliphatic carbocycles. The molecular weight excluding hydrogens is 174 g/mol. The number of hydrogen-bond acceptors (Lipinski definition) is 3. The molecule has 0 saturated carbocycles. The van der Waals surface area contributed by atoms with Crippen LogP contribution in [-0.2, 0) is 0 Å². The maximum atomic E-state index is 4.18. The van der Waals surface area contributed by atoms with Gasteiger partial charge in [-0.1, -0.05) is 24.3 Å². The number of rotatable bonds is 0. The van der Waals surface area contributed by atoms with E-state index >= 15 is 0 Å². The van der Waals surface area contributed by atoms with Crippen LogP contribution in [0.3, 0.4) is 0 Å². The highest BCUT2D eigenvalue weighted by molar-refractivity contribution is 5.71. The SMILES string of the molecule is C1=CN2/C=C/C=C\C=C\C=C\N2N=C1. The molecule has 0 bridgehead atoms. The standard InChI is InChI=1S/C11H11N3/c1-2-4-6-11-14-12-8-7-10-13(14)9-5-3-1/h1-11H/b3-1-,4-2+,9-5+,11-6+. The quantitative estimate of drug-likeness (QED) is 0.576. The second-order valence-electron chi connectivity index (χ2n) is 2.76. The zero-order chi connectivity index (χ0) is 9.64. The summed E-state index contributed by atoms with van der Waals surface area (Å²) in [5.74, 6) is 0. The fourth-order valence-corrected chi connectivity index (χ4v) is 1.12. The van der Waals surface area contributed by atoms with Gasteiger partial charge in [0.1, 0.15) is 0 Å². The molecule has 2 aliphatic heterocycles. The van der Waals surface area contributed by atoms with Gasteiger partial charge in [-0.3, -0.25) is 0 Å². The molecule has 0 radical (unpaired) electrons. The minimum atomic E-state index is 1.75. The molecule has 70 valence electrons. The Balaban J connectivity index is 2.24. The van der Waals surface area contributed by atoms with Crippen LogP contribution in [0.1, 0.15) is 0 Å². The van der Waals surface area contributed by atoms with Crippen molar-refractivity contribution in [2.24, 2.45) is 5.10 Å². The molecule has 0 aromatic carbocycles. The maximum Gasteiger partial charge on any atom is 0.0510 e. The molecule has 0 saturated heterocycles. The summed E-state index contributed by atoms with van der Waals surface area (Å²) >= 11 is 0. The predicted octanol–water partition coefficient (Wildman–Crippen LogP) is 2.17. The molecule has 0 atom stereocenters. The van der Waals surface area contributed by atoms with E-state index < -0.39 is 0 Å². The number of hydrogen-bond donors (Lipinski definition) is 0. The van der Waals surface area contributed by atoms with Gasteiger partial charge in [0.05, 0.1) is 6.21 Å². The average molecular weight is 185 g/mol. The Kier molecular flexibility index (Phi) is 2.62. The van der Waals surface area contributed by atoms with Crippen molar-refractivity contribution in [2.45, 2.75) is 0 Å². The molecule has 3 heteroatoms. The molecule has 3 nitrogen and oxygen atoms in total. The maximum absolute atomic E-state index is 4.18. The number of fused-ring (bicyclic) bond motifs is 1. The minimum Gasteiger partial charge on any atom is -0.248 e. The Morgan fingerprint density at radius 3 is 2.14 bits per heavy atom. The van der Waals surface area contributed by atoms with E-state index in [1.54, 1.807) is 11.3 Å². The van der Waals surface area contributed by atoms with E-state index in [9.17, 15) is 0 Å². The predicted molar refractivity (Wildman–Crippen MR) is 57.9 cm³/mol. The van der Waals surface area contributed by atoms with E-state index in [-0.39, 0.29) is 0 Å². The van der Waals surface area contributed by atoms with Crippen LogP contribution in [0.25, 0.3) is 0 Å². The smallest absolute Gasteiger partial charge is 0.0510 e. The minimum absolute atomic E-state index is 1.75. The van der Waals surface area contributed by atoms with Crippen LogP contribution in [0.5, 0.6) is 0 Å². The molecule has 14 heavy (non-hydrogen) atoms. The van der Waals surface area contributed by atoms with Gasteiger partial charge in [-0.05, 0) is 18.2 Å². The highest BCUT2D eigenvalue weighted by Crippen LogP contribution is 2.07. The van der Waals surface area contributed by atoms with E-state index in [0.717, 1.165) is 0 Å². The summed E-state index contributed by atoms with van der Waals surface area (Å²) in [5, 5.41) is 7.82. The normalized spacial score (nSPS) is 28.0. The third-order valence-electron chi connectivity index (χ3n) is 1.76. The Morgan fingerprint density at radius 1 is 0.643 bits per heavy atom. The van der Waals surface area contributed by atoms with Crippen molar-refractivity contribution >= 4 is 6.21 Å². The first kappa shape index (κ1) is 8.56. The summed E-state index contributed by atoms with van der Waals surface area (Å²) < 4.78 is 0. The fourth-order valence-electron chi connectivity index (χ4n) is 1.12. The van der Waals surface area contributed by atoms with Crippen molar-refractivity contribution in [3.05, 3.63) is 61.1 Å². The first-order valence-corrected chi connectivity index (χ1v) is 4.43. The van der Waals surface area contributed by atoms with Crippen molar-refractivity contribution in [1.29, 1.82) is 0 Å². The molecule has 2 heterocycles. The Morgan fingerprint density at radius 2 is 1.29 bits per heavy atom. The second kappa shape index (κ2) is 4.28. The lowest BCUT2D eigenvalue weighted by Crippen LogP contribution is -2.27. The molecule has 0 fully saturated rings.